The van der Waals surface area contributed by atoms with Crippen molar-refractivity contribution in [1.29, 1.82) is 0 Å². The van der Waals surface area contributed by atoms with Crippen LogP contribution >= 0.6 is 23.1 Å². The van der Waals surface area contributed by atoms with Crippen LogP contribution in [0.2, 0.25) is 0 Å². The summed E-state index contributed by atoms with van der Waals surface area (Å²) in [5, 5.41) is 9.86. The van der Waals surface area contributed by atoms with Gasteiger partial charge in [-0.3, -0.25) is 9.36 Å². The van der Waals surface area contributed by atoms with E-state index in [1.165, 1.54) is 35.0 Å². The maximum Gasteiger partial charge on any atom is 0.263 e. The van der Waals surface area contributed by atoms with E-state index in [-0.39, 0.29) is 17.5 Å². The molecular weight excluding hydrogens is 404 g/mol. The number of hydrogen-bond donors (Lipinski definition) is 0. The first-order valence-electron chi connectivity index (χ1n) is 10.5. The summed E-state index contributed by atoms with van der Waals surface area (Å²) in [6.45, 7) is 8.26. The Hall–Kier alpha value is -1.67. The number of thioether (sulfide) groups is 1. The van der Waals surface area contributed by atoms with Crippen LogP contribution < -0.4 is 5.56 Å². The lowest BCUT2D eigenvalue weighted by atomic mass is 10.1. The summed E-state index contributed by atoms with van der Waals surface area (Å²) >= 11 is 3.22. The zero-order valence-corrected chi connectivity index (χ0v) is 19.2. The average molecular weight is 433 g/mol. The maximum absolute atomic E-state index is 13.6. The molecule has 0 saturated heterocycles. The molecule has 1 aliphatic rings. The summed E-state index contributed by atoms with van der Waals surface area (Å²) in [6.07, 6.45) is 6.56. The fraction of sp³-hybridized carbons (Fsp3) is 0.619. The van der Waals surface area contributed by atoms with Crippen molar-refractivity contribution in [2.45, 2.75) is 89.1 Å². The molecule has 0 saturated carbocycles. The third-order valence-corrected chi connectivity index (χ3v) is 7.69. The van der Waals surface area contributed by atoms with Crippen molar-refractivity contribution in [3.8, 4) is 0 Å². The number of aryl methyl sites for hydroxylation is 2. The Balaban J connectivity index is 1.74. The molecule has 3 aromatic rings. The largest absolute Gasteiger partial charge is 0.424 e. The average Bonchev–Trinajstić information content (AvgIpc) is 3.24. The zero-order valence-electron chi connectivity index (χ0n) is 17.5. The molecule has 3 aromatic heterocycles. The van der Waals surface area contributed by atoms with Gasteiger partial charge in [0, 0.05) is 16.8 Å². The summed E-state index contributed by atoms with van der Waals surface area (Å²) in [5.41, 5.74) is 1.37. The molecule has 8 heteroatoms. The van der Waals surface area contributed by atoms with Gasteiger partial charge in [-0.2, -0.15) is 0 Å². The standard InChI is InChI=1S/C21H28N4O2S2/c1-5-13(4)25-20(26)17-14-9-7-6-8-10-15(14)29-19(17)22-21(25)28-11-16-23-24-18(27-16)12(2)3/h12-13H,5-11H2,1-4H3. The van der Waals surface area contributed by atoms with Crippen LogP contribution in [0.15, 0.2) is 14.4 Å². The fourth-order valence-electron chi connectivity index (χ4n) is 3.73. The van der Waals surface area contributed by atoms with Crippen molar-refractivity contribution < 1.29 is 4.42 Å². The molecule has 29 heavy (non-hydrogen) atoms. The lowest BCUT2D eigenvalue weighted by Crippen LogP contribution is -2.26. The lowest BCUT2D eigenvalue weighted by Gasteiger charge is -2.17. The Morgan fingerprint density at radius 1 is 1.17 bits per heavy atom. The molecule has 0 fully saturated rings. The van der Waals surface area contributed by atoms with Crippen molar-refractivity contribution in [3.05, 3.63) is 32.6 Å². The predicted octanol–water partition coefficient (Wildman–Crippen LogP) is 5.50. The van der Waals surface area contributed by atoms with E-state index in [9.17, 15) is 4.79 Å². The zero-order chi connectivity index (χ0) is 20.5. The van der Waals surface area contributed by atoms with Gasteiger partial charge in [0.25, 0.3) is 5.56 Å². The van der Waals surface area contributed by atoms with Crippen LogP contribution in [0, 0.1) is 0 Å². The molecule has 3 heterocycles. The third kappa shape index (κ3) is 4.01. The molecule has 1 aliphatic carbocycles. The molecule has 0 spiro atoms. The molecule has 0 aromatic carbocycles. The minimum Gasteiger partial charge on any atom is -0.424 e. The number of hydrogen-bond acceptors (Lipinski definition) is 7. The second-order valence-electron chi connectivity index (χ2n) is 8.05. The Morgan fingerprint density at radius 3 is 2.69 bits per heavy atom. The second-order valence-corrected chi connectivity index (χ2v) is 10.1. The van der Waals surface area contributed by atoms with Crippen LogP contribution in [0.3, 0.4) is 0 Å². The lowest BCUT2D eigenvalue weighted by molar-refractivity contribution is 0.444. The highest BCUT2D eigenvalue weighted by Crippen LogP contribution is 2.35. The summed E-state index contributed by atoms with van der Waals surface area (Å²) in [4.78, 5) is 20.8. The minimum absolute atomic E-state index is 0.0946. The second kappa shape index (κ2) is 8.60. The van der Waals surface area contributed by atoms with Crippen LogP contribution in [-0.2, 0) is 18.6 Å². The Bertz CT molecular complexity index is 1070. The molecule has 4 rings (SSSR count). The first kappa shape index (κ1) is 20.6. The van der Waals surface area contributed by atoms with Crippen LogP contribution in [0.25, 0.3) is 10.2 Å². The van der Waals surface area contributed by atoms with Crippen LogP contribution in [0.4, 0.5) is 0 Å². The van der Waals surface area contributed by atoms with Gasteiger partial charge in [0.05, 0.1) is 11.1 Å². The van der Waals surface area contributed by atoms with Gasteiger partial charge in [0.15, 0.2) is 5.16 Å². The van der Waals surface area contributed by atoms with Crippen LogP contribution in [0.5, 0.6) is 0 Å². The van der Waals surface area contributed by atoms with Gasteiger partial charge in [0.2, 0.25) is 11.8 Å². The first-order chi connectivity index (χ1) is 14.0. The molecule has 0 bridgehead atoms. The Morgan fingerprint density at radius 2 is 1.97 bits per heavy atom. The normalized spacial score (nSPS) is 15.6. The number of thiophene rings is 1. The van der Waals surface area contributed by atoms with Gasteiger partial charge < -0.3 is 4.42 Å². The highest BCUT2D eigenvalue weighted by atomic mass is 32.2. The van der Waals surface area contributed by atoms with E-state index < -0.39 is 0 Å². The van der Waals surface area contributed by atoms with Gasteiger partial charge in [-0.25, -0.2) is 4.98 Å². The van der Waals surface area contributed by atoms with E-state index in [1.807, 2.05) is 18.4 Å². The summed E-state index contributed by atoms with van der Waals surface area (Å²) < 4.78 is 7.62. The molecule has 156 valence electrons. The molecular formula is C21H28N4O2S2. The van der Waals surface area contributed by atoms with Gasteiger partial charge in [-0.1, -0.05) is 39.0 Å². The van der Waals surface area contributed by atoms with E-state index in [1.54, 1.807) is 11.3 Å². The van der Waals surface area contributed by atoms with Gasteiger partial charge in [-0.15, -0.1) is 21.5 Å². The highest BCUT2D eigenvalue weighted by Gasteiger charge is 2.23. The summed E-state index contributed by atoms with van der Waals surface area (Å²) in [5.74, 6) is 1.94. The van der Waals surface area contributed by atoms with Crippen molar-refractivity contribution in [1.82, 2.24) is 19.7 Å². The quantitative estimate of drug-likeness (QED) is 0.291. The Labute approximate surface area is 179 Å². The fourth-order valence-corrected chi connectivity index (χ4v) is 5.97. The first-order valence-corrected chi connectivity index (χ1v) is 12.3. The van der Waals surface area contributed by atoms with E-state index >= 15 is 0 Å². The number of fused-ring (bicyclic) bond motifs is 3. The minimum atomic E-state index is 0.0946. The van der Waals surface area contributed by atoms with Crippen molar-refractivity contribution in [2.75, 3.05) is 0 Å². The maximum atomic E-state index is 13.6. The highest BCUT2D eigenvalue weighted by molar-refractivity contribution is 7.98. The molecule has 0 radical (unpaired) electrons. The van der Waals surface area contributed by atoms with Crippen molar-refractivity contribution >= 4 is 33.3 Å². The molecule has 0 amide bonds. The SMILES string of the molecule is CCC(C)n1c(SCc2nnc(C(C)C)o2)nc2sc3c(c2c1=O)CCCCC3. The van der Waals surface area contributed by atoms with Gasteiger partial charge in [-0.05, 0) is 44.6 Å². The monoisotopic (exact) mass is 432 g/mol. The number of nitrogens with zero attached hydrogens (tertiary/aromatic N) is 4. The summed E-state index contributed by atoms with van der Waals surface area (Å²) in [7, 11) is 0. The van der Waals surface area contributed by atoms with Gasteiger partial charge in [0.1, 0.15) is 4.83 Å². The molecule has 0 aliphatic heterocycles. The van der Waals surface area contributed by atoms with E-state index in [4.69, 9.17) is 9.40 Å². The number of aromatic nitrogens is 4. The number of rotatable bonds is 6. The van der Waals surface area contributed by atoms with Gasteiger partial charge >= 0.3 is 0 Å². The predicted molar refractivity (Wildman–Crippen MR) is 118 cm³/mol. The van der Waals surface area contributed by atoms with Crippen molar-refractivity contribution in [3.63, 3.8) is 0 Å². The van der Waals surface area contributed by atoms with E-state index in [2.05, 4.69) is 24.0 Å². The van der Waals surface area contributed by atoms with Crippen LogP contribution in [-0.4, -0.2) is 19.7 Å². The summed E-state index contributed by atoms with van der Waals surface area (Å²) in [6, 6.07) is 0.0946. The Kier molecular flexibility index (Phi) is 6.11. The molecule has 0 N–H and O–H groups in total. The van der Waals surface area contributed by atoms with Crippen LogP contribution in [0.1, 0.15) is 87.6 Å². The smallest absolute Gasteiger partial charge is 0.263 e. The molecule has 6 nitrogen and oxygen atoms in total. The van der Waals surface area contributed by atoms with E-state index in [0.717, 1.165) is 41.1 Å². The van der Waals surface area contributed by atoms with E-state index in [0.29, 0.717) is 17.5 Å². The third-order valence-electron chi connectivity index (χ3n) is 5.57. The molecule has 1 unspecified atom stereocenters. The molecule has 1 atom stereocenters. The topological polar surface area (TPSA) is 73.8 Å². The van der Waals surface area contributed by atoms with Crippen molar-refractivity contribution in [2.24, 2.45) is 0 Å².